The molecule has 0 bridgehead atoms. The first-order chi connectivity index (χ1) is 8.93. The molecule has 0 spiro atoms. The van der Waals surface area contributed by atoms with Gasteiger partial charge >= 0.3 is 29.6 Å². The molecule has 0 saturated heterocycles. The Bertz CT molecular complexity index is 136. The van der Waals surface area contributed by atoms with E-state index in [1.807, 2.05) is 0 Å². The third-order valence-corrected chi connectivity index (χ3v) is 0. The molecule has 0 aromatic carbocycles. The summed E-state index contributed by atoms with van der Waals surface area (Å²) in [5.74, 6) is 0. The average Bonchev–Trinajstić information content (AvgIpc) is 1.91. The lowest BCUT2D eigenvalue weighted by Gasteiger charge is -2.14. The molecule has 128 valence electrons. The van der Waals surface area contributed by atoms with Gasteiger partial charge in [0.25, 0.3) is 0 Å². The lowest BCUT2D eigenvalue weighted by Crippen LogP contribution is -2.27. The molecule has 0 aliphatic heterocycles. The van der Waals surface area contributed by atoms with Gasteiger partial charge in [0, 0.05) is 0 Å². The SMILES string of the molecule is C[N+](C)(C)C.OB(O)F.OB(O)F.OB(O)F.OB(O)F. The van der Waals surface area contributed by atoms with Crippen molar-refractivity contribution in [2.75, 3.05) is 28.2 Å². The van der Waals surface area contributed by atoms with Gasteiger partial charge in [0.2, 0.25) is 0 Å². The van der Waals surface area contributed by atoms with E-state index in [0.717, 1.165) is 4.48 Å². The van der Waals surface area contributed by atoms with Gasteiger partial charge in [-0.25, -0.2) is 0 Å². The summed E-state index contributed by atoms with van der Waals surface area (Å²) in [6.45, 7) is 0. The van der Waals surface area contributed by atoms with E-state index < -0.39 is 29.6 Å². The molecule has 0 aliphatic carbocycles. The van der Waals surface area contributed by atoms with E-state index >= 15 is 0 Å². The highest BCUT2D eigenvalue weighted by Gasteiger charge is 1.98. The molecule has 0 heterocycles. The first-order valence-electron chi connectivity index (χ1n) is 4.73. The summed E-state index contributed by atoms with van der Waals surface area (Å²) >= 11 is 0. The Morgan fingerprint density at radius 3 is 0.476 bits per heavy atom. The van der Waals surface area contributed by atoms with Gasteiger partial charge in [-0.3, -0.25) is 17.3 Å². The molecule has 0 aromatic rings. The summed E-state index contributed by atoms with van der Waals surface area (Å²) in [6, 6.07) is 0. The van der Waals surface area contributed by atoms with Gasteiger partial charge in [0.05, 0.1) is 28.2 Å². The highest BCUT2D eigenvalue weighted by Crippen LogP contribution is 1.73. The maximum absolute atomic E-state index is 10.1. The minimum atomic E-state index is -2.67. The zero-order valence-corrected chi connectivity index (χ0v) is 11.8. The van der Waals surface area contributed by atoms with Crippen LogP contribution in [0.25, 0.3) is 0 Å². The van der Waals surface area contributed by atoms with Crippen molar-refractivity contribution in [3.05, 3.63) is 0 Å². The molecule has 0 atom stereocenters. The number of hydrogen-bond donors (Lipinski definition) is 8. The monoisotopic (exact) mass is 330 g/mol. The van der Waals surface area contributed by atoms with Crippen LogP contribution < -0.4 is 0 Å². The van der Waals surface area contributed by atoms with E-state index in [-0.39, 0.29) is 0 Å². The van der Waals surface area contributed by atoms with Crippen molar-refractivity contribution in [3.63, 3.8) is 0 Å². The number of halogens is 4. The van der Waals surface area contributed by atoms with E-state index in [1.54, 1.807) is 0 Å². The summed E-state index contributed by atoms with van der Waals surface area (Å²) in [5.41, 5.74) is 0. The molecule has 9 nitrogen and oxygen atoms in total. The van der Waals surface area contributed by atoms with Crippen LogP contribution in [0.15, 0.2) is 0 Å². The quantitative estimate of drug-likeness (QED) is 0.127. The average molecular weight is 329 g/mol. The van der Waals surface area contributed by atoms with Crippen LogP contribution in [0.2, 0.25) is 0 Å². The first-order valence-corrected chi connectivity index (χ1v) is 4.73. The molecule has 0 amide bonds. The Balaban J connectivity index is -0.0000000510. The van der Waals surface area contributed by atoms with Crippen molar-refractivity contribution < 1.29 is 61.9 Å². The minimum absolute atomic E-state index is 1.00. The summed E-state index contributed by atoms with van der Waals surface area (Å²) < 4.78 is 41.4. The predicted molar refractivity (Wildman–Crippen MR) is 69.2 cm³/mol. The van der Waals surface area contributed by atoms with Gasteiger partial charge in [0.15, 0.2) is 0 Å². The molecular weight excluding hydrogens is 309 g/mol. The van der Waals surface area contributed by atoms with Gasteiger partial charge < -0.3 is 44.7 Å². The molecule has 0 rings (SSSR count). The Morgan fingerprint density at radius 1 is 0.476 bits per heavy atom. The van der Waals surface area contributed by atoms with Gasteiger partial charge in [-0.2, -0.15) is 0 Å². The van der Waals surface area contributed by atoms with Crippen molar-refractivity contribution in [1.29, 1.82) is 0 Å². The van der Waals surface area contributed by atoms with Crippen LogP contribution in [0.1, 0.15) is 0 Å². The molecule has 0 fully saturated rings. The highest BCUT2D eigenvalue weighted by molar-refractivity contribution is 6.32. The van der Waals surface area contributed by atoms with Gasteiger partial charge in [0.1, 0.15) is 0 Å². The fraction of sp³-hybridized carbons (Fsp3) is 1.00. The Morgan fingerprint density at radius 2 is 0.476 bits per heavy atom. The Hall–Kier alpha value is -0.380. The van der Waals surface area contributed by atoms with Crippen LogP contribution in [0.4, 0.5) is 17.3 Å². The highest BCUT2D eigenvalue weighted by atomic mass is 19.1. The molecular formula is C4H20B4F4NO8+. The molecule has 0 aromatic heterocycles. The predicted octanol–water partition coefficient (Wildman–Crippen LogP) is -3.98. The third kappa shape index (κ3) is 42100. The van der Waals surface area contributed by atoms with Crippen LogP contribution >= 0.6 is 0 Å². The molecule has 21 heavy (non-hydrogen) atoms. The second-order valence-electron chi connectivity index (χ2n) is 3.93. The topological polar surface area (TPSA) is 162 Å². The van der Waals surface area contributed by atoms with Crippen LogP contribution in [-0.2, 0) is 0 Å². The maximum atomic E-state index is 10.1. The fourth-order valence-electron chi connectivity index (χ4n) is 0. The number of hydrogen-bond acceptors (Lipinski definition) is 8. The fourth-order valence-corrected chi connectivity index (χ4v) is 0. The van der Waals surface area contributed by atoms with Gasteiger partial charge in [-0.15, -0.1) is 0 Å². The molecule has 0 aliphatic rings. The third-order valence-electron chi connectivity index (χ3n) is 0. The lowest BCUT2D eigenvalue weighted by atomic mass is 10.3. The summed E-state index contributed by atoms with van der Waals surface area (Å²) in [5, 5.41) is 55.6. The van der Waals surface area contributed by atoms with E-state index in [9.17, 15) is 17.3 Å². The smallest absolute Gasteiger partial charge is 0.398 e. The van der Waals surface area contributed by atoms with Crippen LogP contribution in [0, 0.1) is 0 Å². The van der Waals surface area contributed by atoms with E-state index in [1.165, 1.54) is 0 Å². The van der Waals surface area contributed by atoms with Crippen molar-refractivity contribution in [2.24, 2.45) is 0 Å². The van der Waals surface area contributed by atoms with Gasteiger partial charge in [-0.1, -0.05) is 0 Å². The van der Waals surface area contributed by atoms with Crippen molar-refractivity contribution in [1.82, 2.24) is 0 Å². The molecule has 8 N–H and O–H groups in total. The molecule has 0 unspecified atom stereocenters. The van der Waals surface area contributed by atoms with E-state index in [4.69, 9.17) is 40.2 Å². The van der Waals surface area contributed by atoms with Crippen LogP contribution in [-0.4, -0.2) is 102 Å². The van der Waals surface area contributed by atoms with Crippen molar-refractivity contribution >= 4 is 29.6 Å². The zero-order chi connectivity index (χ0) is 18.8. The number of rotatable bonds is 0. The van der Waals surface area contributed by atoms with Gasteiger partial charge in [-0.05, 0) is 0 Å². The maximum Gasteiger partial charge on any atom is 0.674 e. The summed E-state index contributed by atoms with van der Waals surface area (Å²) in [4.78, 5) is 0. The minimum Gasteiger partial charge on any atom is -0.398 e. The van der Waals surface area contributed by atoms with E-state index in [2.05, 4.69) is 28.2 Å². The Kier molecular flexibility index (Phi) is 33.9. The second kappa shape index (κ2) is 21.9. The van der Waals surface area contributed by atoms with E-state index in [0.29, 0.717) is 0 Å². The first kappa shape index (κ1) is 32.5. The second-order valence-corrected chi connectivity index (χ2v) is 3.93. The lowest BCUT2D eigenvalue weighted by molar-refractivity contribution is -0.849. The summed E-state index contributed by atoms with van der Waals surface area (Å²) in [6.07, 6.45) is 0. The molecule has 0 saturated carbocycles. The molecule has 0 radical (unpaired) electrons. The standard InChI is InChI=1S/C4H12N.4BFH2O2/c1-5(2,3)4;4*2-1(3)4/h1-4H3;4*3-4H/q+1;;;;. The van der Waals surface area contributed by atoms with Crippen LogP contribution in [0.3, 0.4) is 0 Å². The van der Waals surface area contributed by atoms with Crippen LogP contribution in [0.5, 0.6) is 0 Å². The Labute approximate surface area is 121 Å². The largest absolute Gasteiger partial charge is 0.674 e. The zero-order valence-electron chi connectivity index (χ0n) is 11.8. The normalized spacial score (nSPS) is 8.00. The number of nitrogens with zero attached hydrogens (tertiary/aromatic N) is 1. The number of quaternary nitrogens is 1. The summed E-state index contributed by atoms with van der Waals surface area (Å²) in [7, 11) is -2.17. The molecule has 17 heteroatoms. The van der Waals surface area contributed by atoms with Crippen molar-refractivity contribution in [3.8, 4) is 0 Å². The van der Waals surface area contributed by atoms with Crippen molar-refractivity contribution in [2.45, 2.75) is 0 Å².